The first kappa shape index (κ1) is 17.4. The van der Waals surface area contributed by atoms with Crippen LogP contribution in [0.3, 0.4) is 0 Å². The lowest BCUT2D eigenvalue weighted by molar-refractivity contribution is 0.103. The van der Waals surface area contributed by atoms with Gasteiger partial charge in [-0.1, -0.05) is 6.07 Å². The zero-order valence-corrected chi connectivity index (χ0v) is 16.5. The molecule has 0 saturated carbocycles. The Morgan fingerprint density at radius 2 is 2.00 bits per heavy atom. The second-order valence-electron chi connectivity index (χ2n) is 6.91. The fourth-order valence-corrected chi connectivity index (χ4v) is 4.53. The number of ketones is 1. The van der Waals surface area contributed by atoms with E-state index in [4.69, 9.17) is 5.73 Å². The van der Waals surface area contributed by atoms with Gasteiger partial charge in [-0.25, -0.2) is 4.98 Å². The predicted molar refractivity (Wildman–Crippen MR) is 114 cm³/mol. The van der Waals surface area contributed by atoms with Gasteiger partial charge in [0.1, 0.15) is 17.1 Å². The van der Waals surface area contributed by atoms with Crippen LogP contribution < -0.4 is 5.73 Å². The highest BCUT2D eigenvalue weighted by atomic mass is 32.1. The van der Waals surface area contributed by atoms with E-state index in [2.05, 4.69) is 15.0 Å². The summed E-state index contributed by atoms with van der Waals surface area (Å²) >= 11 is 1.56. The number of aromatic amines is 1. The van der Waals surface area contributed by atoms with Crippen LogP contribution in [-0.2, 0) is 0 Å². The molecule has 4 aromatic heterocycles. The number of carbonyl (C=O) groups is 1. The van der Waals surface area contributed by atoms with Crippen molar-refractivity contribution in [3.8, 4) is 11.4 Å². The van der Waals surface area contributed by atoms with Crippen LogP contribution in [0.5, 0.6) is 5.75 Å². The lowest BCUT2D eigenvalue weighted by atomic mass is 10.1. The number of hydrogen-bond donors (Lipinski definition) is 3. The van der Waals surface area contributed by atoms with Gasteiger partial charge >= 0.3 is 0 Å². The number of aryl methyl sites for hydroxylation is 1. The van der Waals surface area contributed by atoms with Crippen LogP contribution in [0.4, 0.5) is 5.82 Å². The second-order valence-corrected chi connectivity index (χ2v) is 7.86. The Kier molecular flexibility index (Phi) is 3.72. The van der Waals surface area contributed by atoms with Gasteiger partial charge in [-0.2, -0.15) is 0 Å². The van der Waals surface area contributed by atoms with Crippen LogP contribution in [0.25, 0.3) is 27.1 Å². The number of aromatic nitrogens is 4. The summed E-state index contributed by atoms with van der Waals surface area (Å²) in [5.41, 5.74) is 11.3. The molecular formula is C21H17N5O2S. The van der Waals surface area contributed by atoms with E-state index in [1.54, 1.807) is 47.4 Å². The normalized spacial score (nSPS) is 11.5. The number of anilines is 1. The maximum Gasteiger partial charge on any atom is 0.215 e. The number of phenolic OH excluding ortho intramolecular Hbond substituents is 1. The molecule has 0 fully saturated rings. The van der Waals surface area contributed by atoms with E-state index in [0.29, 0.717) is 33.7 Å². The van der Waals surface area contributed by atoms with Gasteiger partial charge in [-0.05, 0) is 43.0 Å². The molecule has 5 aromatic rings. The molecule has 8 heteroatoms. The van der Waals surface area contributed by atoms with E-state index >= 15 is 0 Å². The highest BCUT2D eigenvalue weighted by Crippen LogP contribution is 2.36. The molecule has 0 unspecified atom stereocenters. The van der Waals surface area contributed by atoms with Crippen LogP contribution in [0.2, 0.25) is 0 Å². The number of phenols is 1. The molecular weight excluding hydrogens is 386 g/mol. The molecule has 4 heterocycles. The first-order valence-electron chi connectivity index (χ1n) is 8.98. The largest absolute Gasteiger partial charge is 0.508 e. The Hall–Kier alpha value is -3.65. The number of rotatable bonds is 3. The number of fused-ring (bicyclic) bond motifs is 2. The van der Waals surface area contributed by atoms with Crippen molar-refractivity contribution in [2.24, 2.45) is 0 Å². The zero-order valence-electron chi connectivity index (χ0n) is 15.7. The Balaban J connectivity index is 1.81. The number of nitrogens with one attached hydrogen (secondary N) is 1. The van der Waals surface area contributed by atoms with Crippen molar-refractivity contribution in [2.45, 2.75) is 13.8 Å². The van der Waals surface area contributed by atoms with Gasteiger partial charge < -0.3 is 15.8 Å². The van der Waals surface area contributed by atoms with Crippen molar-refractivity contribution in [2.75, 3.05) is 5.73 Å². The maximum atomic E-state index is 13.4. The summed E-state index contributed by atoms with van der Waals surface area (Å²) in [5.74, 6) is 0.143. The smallest absolute Gasteiger partial charge is 0.215 e. The summed E-state index contributed by atoms with van der Waals surface area (Å²) in [6, 6.07) is 7.20. The zero-order chi connectivity index (χ0) is 20.3. The third-order valence-corrected chi connectivity index (χ3v) is 6.03. The van der Waals surface area contributed by atoms with Gasteiger partial charge in [0, 0.05) is 18.0 Å². The number of nitrogens with zero attached hydrogens (tertiary/aromatic N) is 3. The fourth-order valence-electron chi connectivity index (χ4n) is 3.74. The lowest BCUT2D eigenvalue weighted by Crippen LogP contribution is -2.09. The molecule has 4 N–H and O–H groups in total. The molecule has 0 aliphatic rings. The number of nitrogens with two attached hydrogens (primary N) is 1. The molecule has 5 rings (SSSR count). The van der Waals surface area contributed by atoms with Crippen molar-refractivity contribution < 1.29 is 9.90 Å². The monoisotopic (exact) mass is 403 g/mol. The summed E-state index contributed by atoms with van der Waals surface area (Å²) in [7, 11) is 0. The van der Waals surface area contributed by atoms with Crippen molar-refractivity contribution in [1.82, 2.24) is 19.5 Å². The molecule has 0 saturated heterocycles. The molecule has 0 radical (unpaired) electrons. The van der Waals surface area contributed by atoms with Crippen LogP contribution in [-0.4, -0.2) is 30.4 Å². The average Bonchev–Trinajstić information content (AvgIpc) is 3.37. The van der Waals surface area contributed by atoms with Crippen molar-refractivity contribution in [3.05, 3.63) is 64.4 Å². The predicted octanol–water partition coefficient (Wildman–Crippen LogP) is 4.10. The first-order chi connectivity index (χ1) is 14.0. The topological polar surface area (TPSA) is 110 Å². The number of nitrogen functional groups attached to an aromatic ring is 1. The Morgan fingerprint density at radius 3 is 2.79 bits per heavy atom. The Morgan fingerprint density at radius 1 is 1.21 bits per heavy atom. The summed E-state index contributed by atoms with van der Waals surface area (Å²) in [5, 5.41) is 12.2. The molecule has 29 heavy (non-hydrogen) atoms. The third-order valence-electron chi connectivity index (χ3n) is 5.16. The first-order valence-corrected chi connectivity index (χ1v) is 9.86. The van der Waals surface area contributed by atoms with Crippen molar-refractivity contribution in [1.29, 1.82) is 0 Å². The molecule has 0 aliphatic carbocycles. The number of benzene rings is 1. The molecule has 0 aliphatic heterocycles. The standard InChI is InChI=1S/C21H17N5O2S/c1-10-3-4-14(27)11(2)18(10)26-20(22)16(17-21(26)24-7-6-23-17)19(28)13-9-15-12(25-13)5-8-29-15/h3-9,25,27H,22H2,1-2H3. The van der Waals surface area contributed by atoms with Gasteiger partial charge in [0.2, 0.25) is 5.78 Å². The molecule has 0 spiro atoms. The minimum atomic E-state index is -0.245. The molecule has 144 valence electrons. The summed E-state index contributed by atoms with van der Waals surface area (Å²) in [6.07, 6.45) is 3.10. The molecule has 1 aromatic carbocycles. The quantitative estimate of drug-likeness (QED) is 0.393. The lowest BCUT2D eigenvalue weighted by Gasteiger charge is -2.15. The van der Waals surface area contributed by atoms with Crippen molar-refractivity contribution in [3.63, 3.8) is 0 Å². The average molecular weight is 403 g/mol. The summed E-state index contributed by atoms with van der Waals surface area (Å²) < 4.78 is 2.70. The highest BCUT2D eigenvalue weighted by molar-refractivity contribution is 7.17. The number of carbonyl (C=O) groups excluding carboxylic acids is 1. The van der Waals surface area contributed by atoms with Gasteiger partial charge in [-0.15, -0.1) is 11.3 Å². The Labute approximate surface area is 169 Å². The van der Waals surface area contributed by atoms with Crippen molar-refractivity contribution >= 4 is 44.3 Å². The molecule has 0 amide bonds. The van der Waals surface area contributed by atoms with Gasteiger partial charge in [-0.3, -0.25) is 14.3 Å². The number of hydrogen-bond acceptors (Lipinski definition) is 6. The van der Waals surface area contributed by atoms with Crippen LogP contribution >= 0.6 is 11.3 Å². The van der Waals surface area contributed by atoms with Crippen LogP contribution in [0, 0.1) is 13.8 Å². The van der Waals surface area contributed by atoms with E-state index in [9.17, 15) is 9.90 Å². The third kappa shape index (κ3) is 2.46. The Bertz CT molecular complexity index is 1400. The van der Waals surface area contributed by atoms with Gasteiger partial charge in [0.05, 0.1) is 27.2 Å². The number of H-pyrrole nitrogens is 1. The summed E-state index contributed by atoms with van der Waals surface area (Å²) in [6.45, 7) is 3.73. The minimum absolute atomic E-state index is 0.147. The number of thiophene rings is 1. The van der Waals surface area contributed by atoms with E-state index in [-0.39, 0.29) is 17.4 Å². The molecule has 7 nitrogen and oxygen atoms in total. The van der Waals surface area contributed by atoms with E-state index < -0.39 is 0 Å². The van der Waals surface area contributed by atoms with Crippen LogP contribution in [0.15, 0.2) is 42.0 Å². The SMILES string of the molecule is Cc1ccc(O)c(C)c1-n1c(N)c(C(=O)c2cc3sccc3[nH]2)c2nccnc21. The van der Waals surface area contributed by atoms with Gasteiger partial charge in [0.15, 0.2) is 5.65 Å². The molecule has 0 bridgehead atoms. The maximum absolute atomic E-state index is 13.4. The minimum Gasteiger partial charge on any atom is -0.508 e. The van der Waals surface area contributed by atoms with E-state index in [1.807, 2.05) is 24.4 Å². The summed E-state index contributed by atoms with van der Waals surface area (Å²) in [4.78, 5) is 25.4. The number of aromatic hydroxyl groups is 1. The highest BCUT2D eigenvalue weighted by Gasteiger charge is 2.27. The van der Waals surface area contributed by atoms with Crippen LogP contribution in [0.1, 0.15) is 27.2 Å². The van der Waals surface area contributed by atoms with E-state index in [0.717, 1.165) is 15.8 Å². The van der Waals surface area contributed by atoms with E-state index in [1.165, 1.54) is 0 Å². The second kappa shape index (κ2) is 6.18. The van der Waals surface area contributed by atoms with Gasteiger partial charge in [0.25, 0.3) is 0 Å². The molecule has 0 atom stereocenters. The fraction of sp³-hybridized carbons (Fsp3) is 0.0952.